The van der Waals surface area contributed by atoms with Crippen LogP contribution in [0.5, 0.6) is 0 Å². The normalized spacial score (nSPS) is 42.5. The first-order chi connectivity index (χ1) is 7.18. The summed E-state index contributed by atoms with van der Waals surface area (Å²) >= 11 is 12.2. The number of nitrogens with one attached hydrogen (secondary N) is 1. The van der Waals surface area contributed by atoms with Crippen molar-refractivity contribution in [3.8, 4) is 0 Å². The van der Waals surface area contributed by atoms with E-state index in [2.05, 4.69) is 11.4 Å². The van der Waals surface area contributed by atoms with Crippen LogP contribution in [0.1, 0.15) is 19.3 Å². The van der Waals surface area contributed by atoms with Gasteiger partial charge in [-0.1, -0.05) is 11.6 Å². The van der Waals surface area contributed by atoms with Gasteiger partial charge >= 0.3 is 0 Å². The Morgan fingerprint density at radius 3 is 2.67 bits per heavy atom. The van der Waals surface area contributed by atoms with Gasteiger partial charge in [-0.3, -0.25) is 0 Å². The number of aliphatic hydroxyl groups excluding tert-OH is 1. The van der Waals surface area contributed by atoms with Crippen LogP contribution in [-0.2, 0) is 0 Å². The molecular formula is C11H17Cl2NO. The molecule has 2 nitrogen and oxygen atoms in total. The molecule has 1 fully saturated rings. The molecule has 4 atom stereocenters. The molecule has 4 unspecified atom stereocenters. The highest BCUT2D eigenvalue weighted by atomic mass is 35.5. The highest BCUT2D eigenvalue weighted by Crippen LogP contribution is 2.36. The topological polar surface area (TPSA) is 32.3 Å². The van der Waals surface area contributed by atoms with E-state index in [-0.39, 0.29) is 22.8 Å². The molecule has 1 aliphatic heterocycles. The number of hydrogen-bond donors (Lipinski definition) is 2. The summed E-state index contributed by atoms with van der Waals surface area (Å²) < 4.78 is 0. The molecule has 0 aromatic carbocycles. The Morgan fingerprint density at radius 2 is 2.00 bits per heavy atom. The molecular weight excluding hydrogens is 233 g/mol. The second kappa shape index (κ2) is 5.05. The Kier molecular flexibility index (Phi) is 3.94. The molecule has 2 N–H and O–H groups in total. The van der Waals surface area contributed by atoms with Crippen molar-refractivity contribution in [1.29, 1.82) is 0 Å². The third-order valence-electron chi connectivity index (χ3n) is 3.34. The largest absolute Gasteiger partial charge is 0.392 e. The Morgan fingerprint density at radius 1 is 1.27 bits per heavy atom. The molecule has 1 aliphatic carbocycles. The van der Waals surface area contributed by atoms with Gasteiger partial charge < -0.3 is 10.4 Å². The van der Waals surface area contributed by atoms with E-state index in [1.807, 2.05) is 0 Å². The van der Waals surface area contributed by atoms with Gasteiger partial charge in [0, 0.05) is 12.5 Å². The zero-order valence-corrected chi connectivity index (χ0v) is 10.1. The predicted molar refractivity (Wildman–Crippen MR) is 63.6 cm³/mol. The third kappa shape index (κ3) is 2.68. The van der Waals surface area contributed by atoms with Crippen molar-refractivity contribution in [2.45, 2.75) is 36.1 Å². The molecule has 4 heteroatoms. The highest BCUT2D eigenvalue weighted by molar-refractivity contribution is 6.30. The fourth-order valence-electron chi connectivity index (χ4n) is 2.44. The number of hydrogen-bond acceptors (Lipinski definition) is 2. The first kappa shape index (κ1) is 11.7. The van der Waals surface area contributed by atoms with Crippen LogP contribution in [-0.4, -0.2) is 35.1 Å². The van der Waals surface area contributed by atoms with E-state index in [9.17, 15) is 5.11 Å². The lowest BCUT2D eigenvalue weighted by atomic mass is 9.80. The van der Waals surface area contributed by atoms with Gasteiger partial charge in [-0.2, -0.15) is 0 Å². The second-order valence-corrected chi connectivity index (χ2v) is 5.54. The van der Waals surface area contributed by atoms with Crippen molar-refractivity contribution in [2.75, 3.05) is 13.1 Å². The minimum atomic E-state index is -0.325. The van der Waals surface area contributed by atoms with Crippen LogP contribution < -0.4 is 5.32 Å². The van der Waals surface area contributed by atoms with E-state index in [4.69, 9.17) is 23.2 Å². The van der Waals surface area contributed by atoms with Crippen molar-refractivity contribution in [3.63, 3.8) is 0 Å². The van der Waals surface area contributed by atoms with Gasteiger partial charge in [0.05, 0.1) is 16.9 Å². The van der Waals surface area contributed by atoms with Crippen LogP contribution in [0.25, 0.3) is 0 Å². The van der Waals surface area contributed by atoms with E-state index in [1.54, 1.807) is 0 Å². The molecule has 86 valence electrons. The van der Waals surface area contributed by atoms with Crippen LogP contribution in [0.2, 0.25) is 0 Å². The Labute approximate surface area is 101 Å². The van der Waals surface area contributed by atoms with Gasteiger partial charge in [-0.05, 0) is 25.8 Å². The summed E-state index contributed by atoms with van der Waals surface area (Å²) in [7, 11) is 0. The molecule has 0 amide bonds. The Bertz CT molecular complexity index is 257. The smallest absolute Gasteiger partial charge is 0.0621 e. The van der Waals surface area contributed by atoms with Crippen LogP contribution in [0, 0.1) is 5.92 Å². The summed E-state index contributed by atoms with van der Waals surface area (Å²) in [5, 5.41) is 13.2. The summed E-state index contributed by atoms with van der Waals surface area (Å²) in [6.07, 6.45) is 4.37. The number of halogens is 2. The molecule has 1 heterocycles. The number of alkyl halides is 2. The van der Waals surface area contributed by atoms with E-state index in [1.165, 1.54) is 5.57 Å². The van der Waals surface area contributed by atoms with Crippen molar-refractivity contribution in [3.05, 3.63) is 11.6 Å². The fraction of sp³-hybridized carbons (Fsp3) is 0.818. The van der Waals surface area contributed by atoms with E-state index in [0.29, 0.717) is 6.42 Å². The summed E-state index contributed by atoms with van der Waals surface area (Å²) in [5.74, 6) is 0.204. The van der Waals surface area contributed by atoms with Gasteiger partial charge in [0.15, 0.2) is 0 Å². The quantitative estimate of drug-likeness (QED) is 0.550. The highest BCUT2D eigenvalue weighted by Gasteiger charge is 2.36. The fourth-order valence-corrected chi connectivity index (χ4v) is 3.02. The number of aliphatic hydroxyl groups is 1. The maximum Gasteiger partial charge on any atom is 0.0621 e. The number of rotatable bonds is 1. The summed E-state index contributed by atoms with van der Waals surface area (Å²) in [4.78, 5) is 0. The van der Waals surface area contributed by atoms with Crippen molar-refractivity contribution in [2.24, 2.45) is 5.92 Å². The second-order valence-electron chi connectivity index (χ2n) is 4.42. The molecule has 2 aliphatic rings. The molecule has 0 bridgehead atoms. The standard InChI is InChI=1S/C11H17Cl2NO/c12-9-4-8(11(15)5-10(9)13)7-2-1-3-14-6-7/h2,8-11,14-15H,1,3-6H2. The molecule has 0 aromatic heterocycles. The Hall–Kier alpha value is 0.240. The van der Waals surface area contributed by atoms with Crippen molar-refractivity contribution >= 4 is 23.2 Å². The minimum Gasteiger partial charge on any atom is -0.392 e. The molecule has 0 aromatic rings. The van der Waals surface area contributed by atoms with E-state index >= 15 is 0 Å². The zero-order chi connectivity index (χ0) is 10.8. The van der Waals surface area contributed by atoms with Gasteiger partial charge in [0.1, 0.15) is 0 Å². The third-order valence-corrected chi connectivity index (χ3v) is 4.43. The summed E-state index contributed by atoms with van der Waals surface area (Å²) in [6.45, 7) is 1.92. The summed E-state index contributed by atoms with van der Waals surface area (Å²) in [5.41, 5.74) is 1.31. The molecule has 1 saturated carbocycles. The van der Waals surface area contributed by atoms with Crippen LogP contribution in [0.4, 0.5) is 0 Å². The lowest BCUT2D eigenvalue weighted by Crippen LogP contribution is -2.40. The molecule has 15 heavy (non-hydrogen) atoms. The minimum absolute atomic E-state index is 0.0112. The molecule has 0 spiro atoms. The van der Waals surface area contributed by atoms with Crippen LogP contribution in [0.3, 0.4) is 0 Å². The van der Waals surface area contributed by atoms with Gasteiger partial charge in [0.25, 0.3) is 0 Å². The SMILES string of the molecule is OC1CC(Cl)C(Cl)CC1C1=CCCNC1. The van der Waals surface area contributed by atoms with Gasteiger partial charge in [0.2, 0.25) is 0 Å². The van der Waals surface area contributed by atoms with Gasteiger partial charge in [-0.15, -0.1) is 23.2 Å². The maximum absolute atomic E-state index is 10.00. The molecule has 0 radical (unpaired) electrons. The lowest BCUT2D eigenvalue weighted by molar-refractivity contribution is 0.0888. The summed E-state index contributed by atoms with van der Waals surface area (Å²) in [6, 6.07) is 0. The average Bonchev–Trinajstić information content (AvgIpc) is 2.25. The average molecular weight is 250 g/mol. The van der Waals surface area contributed by atoms with Crippen LogP contribution >= 0.6 is 23.2 Å². The maximum atomic E-state index is 10.00. The van der Waals surface area contributed by atoms with Crippen molar-refractivity contribution in [1.82, 2.24) is 5.32 Å². The first-order valence-corrected chi connectivity index (χ1v) is 6.41. The van der Waals surface area contributed by atoms with E-state index in [0.717, 1.165) is 25.9 Å². The lowest BCUT2D eigenvalue weighted by Gasteiger charge is -2.36. The molecule has 0 saturated heterocycles. The zero-order valence-electron chi connectivity index (χ0n) is 8.63. The van der Waals surface area contributed by atoms with Crippen molar-refractivity contribution < 1.29 is 5.11 Å². The van der Waals surface area contributed by atoms with Gasteiger partial charge in [-0.25, -0.2) is 0 Å². The van der Waals surface area contributed by atoms with E-state index < -0.39 is 0 Å². The monoisotopic (exact) mass is 249 g/mol. The first-order valence-electron chi connectivity index (χ1n) is 5.54. The van der Waals surface area contributed by atoms with Crippen LogP contribution in [0.15, 0.2) is 11.6 Å². The molecule has 2 rings (SSSR count). The Balaban J connectivity index is 2.04. The predicted octanol–water partition coefficient (Wildman–Crippen LogP) is 1.89.